The number of thiophene rings is 1. The third kappa shape index (κ3) is 1.91. The number of carbonyl (C=O) groups is 1. The van der Waals surface area contributed by atoms with Crippen LogP contribution in [0.2, 0.25) is 0 Å². The Morgan fingerprint density at radius 2 is 2.00 bits per heavy atom. The van der Waals surface area contributed by atoms with E-state index < -0.39 is 0 Å². The Balaban J connectivity index is 1.75. The molecule has 0 bridgehead atoms. The van der Waals surface area contributed by atoms with Crippen molar-refractivity contribution in [3.63, 3.8) is 0 Å². The van der Waals surface area contributed by atoms with E-state index >= 15 is 0 Å². The molecular weight excluding hydrogens is 280 g/mol. The second kappa shape index (κ2) is 4.60. The first-order valence-electron chi connectivity index (χ1n) is 6.92. The molecule has 104 valence electrons. The molecular formula is C17H14N2OS. The van der Waals surface area contributed by atoms with Crippen molar-refractivity contribution in [2.75, 3.05) is 17.2 Å². The summed E-state index contributed by atoms with van der Waals surface area (Å²) in [6.45, 7) is 0.705. The first-order chi connectivity index (χ1) is 10.2. The molecule has 1 aromatic heterocycles. The van der Waals surface area contributed by atoms with Crippen LogP contribution < -0.4 is 10.6 Å². The standard InChI is InChI=1S/C17H14N2OS/c18-13-5-3-6-14-12(13)8-9-19(14)17(20)16-10-11-4-1-2-7-15(11)21-16/h1-7,10H,8-9,18H2. The van der Waals surface area contributed by atoms with Crippen LogP contribution in [0.5, 0.6) is 0 Å². The highest BCUT2D eigenvalue weighted by Gasteiger charge is 2.27. The van der Waals surface area contributed by atoms with E-state index in [0.29, 0.717) is 6.54 Å². The fourth-order valence-electron chi connectivity index (χ4n) is 2.89. The number of benzene rings is 2. The summed E-state index contributed by atoms with van der Waals surface area (Å²) >= 11 is 1.55. The molecule has 0 saturated carbocycles. The van der Waals surface area contributed by atoms with Crippen molar-refractivity contribution in [2.45, 2.75) is 6.42 Å². The number of nitrogens with zero attached hydrogens (tertiary/aromatic N) is 1. The van der Waals surface area contributed by atoms with Crippen LogP contribution in [0.4, 0.5) is 11.4 Å². The van der Waals surface area contributed by atoms with Crippen molar-refractivity contribution in [1.29, 1.82) is 0 Å². The normalized spacial score (nSPS) is 13.6. The van der Waals surface area contributed by atoms with Crippen molar-refractivity contribution < 1.29 is 4.79 Å². The SMILES string of the molecule is Nc1cccc2c1CCN2C(=O)c1cc2ccccc2s1. The minimum atomic E-state index is 0.0700. The van der Waals surface area contributed by atoms with Crippen LogP contribution in [0, 0.1) is 0 Å². The summed E-state index contributed by atoms with van der Waals surface area (Å²) in [6, 6.07) is 15.8. The third-order valence-electron chi connectivity index (χ3n) is 3.95. The topological polar surface area (TPSA) is 46.3 Å². The molecule has 0 fully saturated rings. The molecule has 21 heavy (non-hydrogen) atoms. The number of anilines is 2. The van der Waals surface area contributed by atoms with Crippen molar-refractivity contribution in [2.24, 2.45) is 0 Å². The molecule has 0 unspecified atom stereocenters. The smallest absolute Gasteiger partial charge is 0.268 e. The quantitative estimate of drug-likeness (QED) is 0.696. The van der Waals surface area contributed by atoms with Crippen LogP contribution in [0.3, 0.4) is 0 Å². The van der Waals surface area contributed by atoms with E-state index in [1.165, 1.54) is 0 Å². The Hall–Kier alpha value is -2.33. The third-order valence-corrected chi connectivity index (χ3v) is 5.05. The van der Waals surface area contributed by atoms with Gasteiger partial charge in [-0.05, 0) is 36.1 Å². The fraction of sp³-hybridized carbons (Fsp3) is 0.118. The van der Waals surface area contributed by atoms with Gasteiger partial charge in [0.05, 0.1) is 4.88 Å². The van der Waals surface area contributed by atoms with Gasteiger partial charge in [0, 0.05) is 28.2 Å². The zero-order valence-corrected chi connectivity index (χ0v) is 12.2. The fourth-order valence-corrected chi connectivity index (χ4v) is 3.90. The number of rotatable bonds is 1. The van der Waals surface area contributed by atoms with Gasteiger partial charge in [0.2, 0.25) is 0 Å². The summed E-state index contributed by atoms with van der Waals surface area (Å²) in [7, 11) is 0. The van der Waals surface area contributed by atoms with Gasteiger partial charge in [-0.3, -0.25) is 4.79 Å². The summed E-state index contributed by atoms with van der Waals surface area (Å²) in [5.41, 5.74) is 8.82. The number of nitrogen functional groups attached to an aromatic ring is 1. The molecule has 1 aliphatic heterocycles. The number of fused-ring (bicyclic) bond motifs is 2. The lowest BCUT2D eigenvalue weighted by molar-refractivity contribution is 0.0993. The molecule has 0 atom stereocenters. The van der Waals surface area contributed by atoms with Gasteiger partial charge < -0.3 is 10.6 Å². The van der Waals surface area contributed by atoms with E-state index in [4.69, 9.17) is 5.73 Å². The lowest BCUT2D eigenvalue weighted by Gasteiger charge is -2.16. The van der Waals surface area contributed by atoms with Crippen LogP contribution in [0.15, 0.2) is 48.5 Å². The van der Waals surface area contributed by atoms with Crippen molar-refractivity contribution in [1.82, 2.24) is 0 Å². The molecule has 1 aliphatic rings. The lowest BCUT2D eigenvalue weighted by Crippen LogP contribution is -2.28. The largest absolute Gasteiger partial charge is 0.398 e. The van der Waals surface area contributed by atoms with E-state index in [1.807, 2.05) is 53.4 Å². The van der Waals surface area contributed by atoms with Gasteiger partial charge in [-0.1, -0.05) is 24.3 Å². The van der Waals surface area contributed by atoms with E-state index in [2.05, 4.69) is 0 Å². The average molecular weight is 294 g/mol. The van der Waals surface area contributed by atoms with Crippen LogP contribution >= 0.6 is 11.3 Å². The first-order valence-corrected chi connectivity index (χ1v) is 7.73. The molecule has 0 spiro atoms. The zero-order valence-electron chi connectivity index (χ0n) is 11.4. The Morgan fingerprint density at radius 3 is 2.86 bits per heavy atom. The van der Waals surface area contributed by atoms with Gasteiger partial charge in [0.1, 0.15) is 0 Å². The number of amides is 1. The summed E-state index contributed by atoms with van der Waals surface area (Å²) < 4.78 is 1.15. The Morgan fingerprint density at radius 1 is 1.14 bits per heavy atom. The van der Waals surface area contributed by atoms with Crippen LogP contribution in [0.1, 0.15) is 15.2 Å². The highest BCUT2D eigenvalue weighted by molar-refractivity contribution is 7.20. The van der Waals surface area contributed by atoms with Crippen molar-refractivity contribution >= 4 is 38.7 Å². The summed E-state index contributed by atoms with van der Waals surface area (Å²) in [5.74, 6) is 0.0700. The maximum Gasteiger partial charge on any atom is 0.268 e. The van der Waals surface area contributed by atoms with Gasteiger partial charge in [0.25, 0.3) is 5.91 Å². The van der Waals surface area contributed by atoms with E-state index in [0.717, 1.165) is 38.3 Å². The van der Waals surface area contributed by atoms with Crippen molar-refractivity contribution in [3.05, 3.63) is 59.0 Å². The molecule has 3 aromatic rings. The van der Waals surface area contributed by atoms with Crippen molar-refractivity contribution in [3.8, 4) is 0 Å². The second-order valence-corrected chi connectivity index (χ2v) is 6.28. The molecule has 2 heterocycles. The van der Waals surface area contributed by atoms with Crippen LogP contribution in [-0.4, -0.2) is 12.5 Å². The molecule has 0 radical (unpaired) electrons. The Bertz CT molecular complexity index is 820. The molecule has 4 heteroatoms. The van der Waals surface area contributed by atoms with Gasteiger partial charge in [-0.15, -0.1) is 11.3 Å². The number of hydrogen-bond acceptors (Lipinski definition) is 3. The monoisotopic (exact) mass is 294 g/mol. The van der Waals surface area contributed by atoms with Crippen LogP contribution in [0.25, 0.3) is 10.1 Å². The van der Waals surface area contributed by atoms with Gasteiger partial charge in [-0.2, -0.15) is 0 Å². The van der Waals surface area contributed by atoms with Gasteiger partial charge >= 0.3 is 0 Å². The van der Waals surface area contributed by atoms with Crippen LogP contribution in [-0.2, 0) is 6.42 Å². The Kier molecular flexibility index (Phi) is 2.72. The maximum atomic E-state index is 12.8. The number of nitrogens with two attached hydrogens (primary N) is 1. The summed E-state index contributed by atoms with van der Waals surface area (Å²) in [5, 5.41) is 1.12. The maximum absolute atomic E-state index is 12.8. The highest BCUT2D eigenvalue weighted by Crippen LogP contribution is 2.35. The minimum absolute atomic E-state index is 0.0700. The summed E-state index contributed by atoms with van der Waals surface area (Å²) in [4.78, 5) is 15.4. The highest BCUT2D eigenvalue weighted by atomic mass is 32.1. The molecule has 1 amide bonds. The predicted molar refractivity (Wildman–Crippen MR) is 88.1 cm³/mol. The first kappa shape index (κ1) is 12.4. The second-order valence-electron chi connectivity index (χ2n) is 5.20. The zero-order chi connectivity index (χ0) is 14.4. The lowest BCUT2D eigenvalue weighted by atomic mass is 10.1. The van der Waals surface area contributed by atoms with E-state index in [-0.39, 0.29) is 5.91 Å². The van der Waals surface area contributed by atoms with Gasteiger partial charge in [0.15, 0.2) is 0 Å². The number of carbonyl (C=O) groups excluding carboxylic acids is 1. The summed E-state index contributed by atoms with van der Waals surface area (Å²) in [6.07, 6.45) is 0.832. The Labute approximate surface area is 126 Å². The molecule has 4 rings (SSSR count). The minimum Gasteiger partial charge on any atom is -0.398 e. The van der Waals surface area contributed by atoms with Gasteiger partial charge in [-0.25, -0.2) is 0 Å². The van der Waals surface area contributed by atoms with E-state index in [1.54, 1.807) is 11.3 Å². The molecule has 0 aliphatic carbocycles. The molecule has 3 nitrogen and oxygen atoms in total. The van der Waals surface area contributed by atoms with E-state index in [9.17, 15) is 4.79 Å². The molecule has 2 N–H and O–H groups in total. The molecule has 0 saturated heterocycles. The number of hydrogen-bond donors (Lipinski definition) is 1. The average Bonchev–Trinajstić information content (AvgIpc) is 3.11. The molecule has 2 aromatic carbocycles. The predicted octanol–water partition coefficient (Wildman–Crippen LogP) is 3.69.